The van der Waals surface area contributed by atoms with E-state index in [2.05, 4.69) is 5.32 Å². The Morgan fingerprint density at radius 3 is 2.64 bits per heavy atom. The highest BCUT2D eigenvalue weighted by molar-refractivity contribution is 5.89. The van der Waals surface area contributed by atoms with Crippen molar-refractivity contribution in [3.63, 3.8) is 0 Å². The second-order valence-corrected chi connectivity index (χ2v) is 5.59. The van der Waals surface area contributed by atoms with E-state index >= 15 is 0 Å². The van der Waals surface area contributed by atoms with E-state index in [-0.39, 0.29) is 12.3 Å². The molecule has 7 nitrogen and oxygen atoms in total. The van der Waals surface area contributed by atoms with Crippen LogP contribution in [0.5, 0.6) is 0 Å². The van der Waals surface area contributed by atoms with E-state index in [1.165, 1.54) is 24.3 Å². The van der Waals surface area contributed by atoms with Crippen molar-refractivity contribution in [2.24, 2.45) is 0 Å². The molecule has 1 N–H and O–H groups in total. The van der Waals surface area contributed by atoms with Crippen LogP contribution in [0.1, 0.15) is 26.3 Å². The molecule has 0 spiro atoms. The lowest BCUT2D eigenvalue weighted by Crippen LogP contribution is -2.42. The molecule has 1 rings (SSSR count). The summed E-state index contributed by atoms with van der Waals surface area (Å²) in [4.78, 5) is 33.1. The van der Waals surface area contributed by atoms with Crippen LogP contribution in [-0.2, 0) is 14.3 Å². The van der Waals surface area contributed by atoms with Gasteiger partial charge in [-0.25, -0.2) is 4.79 Å². The van der Waals surface area contributed by atoms with Crippen molar-refractivity contribution >= 4 is 23.6 Å². The van der Waals surface area contributed by atoms with E-state index < -0.39 is 22.3 Å². The van der Waals surface area contributed by atoms with Gasteiger partial charge in [-0.15, -0.1) is 0 Å². The second kappa shape index (κ2) is 7.35. The van der Waals surface area contributed by atoms with Gasteiger partial charge in [0, 0.05) is 23.7 Å². The fourth-order valence-corrected chi connectivity index (χ4v) is 1.55. The van der Waals surface area contributed by atoms with Crippen LogP contribution in [-0.4, -0.2) is 28.9 Å². The maximum atomic E-state index is 11.5. The van der Waals surface area contributed by atoms with Crippen molar-refractivity contribution in [3.8, 4) is 0 Å². The lowest BCUT2D eigenvalue weighted by Gasteiger charge is -2.20. The second-order valence-electron chi connectivity index (χ2n) is 5.59. The number of non-ortho nitro benzene ring substituents is 1. The summed E-state index contributed by atoms with van der Waals surface area (Å²) in [6, 6.07) is 5.81. The highest BCUT2D eigenvalue weighted by Crippen LogP contribution is 2.14. The molecule has 1 aromatic rings. The smallest absolute Gasteiger partial charge is 0.331 e. The predicted molar refractivity (Wildman–Crippen MR) is 81.0 cm³/mol. The molecule has 0 saturated heterocycles. The van der Waals surface area contributed by atoms with Gasteiger partial charge < -0.3 is 10.1 Å². The summed E-state index contributed by atoms with van der Waals surface area (Å²) < 4.78 is 4.78. The molecule has 0 aliphatic carbocycles. The summed E-state index contributed by atoms with van der Waals surface area (Å²) in [6.07, 6.45) is 2.50. The zero-order valence-corrected chi connectivity index (χ0v) is 12.7. The number of benzene rings is 1. The topological polar surface area (TPSA) is 98.5 Å². The van der Waals surface area contributed by atoms with Crippen molar-refractivity contribution in [2.45, 2.75) is 26.3 Å². The molecule has 0 aliphatic rings. The van der Waals surface area contributed by atoms with E-state index in [1.54, 1.807) is 6.07 Å². The molecule has 0 heterocycles. The maximum absolute atomic E-state index is 11.5. The lowest BCUT2D eigenvalue weighted by atomic mass is 10.1. The first-order chi connectivity index (χ1) is 10.2. The Hall–Kier alpha value is -2.70. The first kappa shape index (κ1) is 17.4. The number of nitrogens with one attached hydrogen (secondary N) is 1. The van der Waals surface area contributed by atoms with E-state index in [0.29, 0.717) is 5.56 Å². The largest absolute Gasteiger partial charge is 0.452 e. The van der Waals surface area contributed by atoms with Crippen molar-refractivity contribution in [3.05, 3.63) is 46.0 Å². The summed E-state index contributed by atoms with van der Waals surface area (Å²) in [5.74, 6) is -1.10. The van der Waals surface area contributed by atoms with Gasteiger partial charge in [-0.2, -0.15) is 0 Å². The molecule has 1 aromatic carbocycles. The monoisotopic (exact) mass is 306 g/mol. The number of carbonyl (C=O) groups excluding carboxylic acids is 2. The Morgan fingerprint density at radius 2 is 2.05 bits per heavy atom. The van der Waals surface area contributed by atoms with E-state index in [0.717, 1.165) is 6.08 Å². The summed E-state index contributed by atoms with van der Waals surface area (Å²) in [5.41, 5.74) is 0.0211. The minimum atomic E-state index is -0.699. The number of rotatable bonds is 5. The molecule has 0 aromatic heterocycles. The molecule has 0 fully saturated rings. The lowest BCUT2D eigenvalue weighted by molar-refractivity contribution is -0.384. The fraction of sp³-hybridized carbons (Fsp3) is 0.333. The van der Waals surface area contributed by atoms with Gasteiger partial charge >= 0.3 is 5.97 Å². The highest BCUT2D eigenvalue weighted by Gasteiger charge is 2.14. The van der Waals surface area contributed by atoms with Crippen LogP contribution in [0.25, 0.3) is 6.08 Å². The van der Waals surface area contributed by atoms with Gasteiger partial charge in [-0.05, 0) is 32.4 Å². The van der Waals surface area contributed by atoms with Crippen molar-refractivity contribution < 1.29 is 19.2 Å². The van der Waals surface area contributed by atoms with E-state index in [9.17, 15) is 19.7 Å². The summed E-state index contributed by atoms with van der Waals surface area (Å²) >= 11 is 0. The fourth-order valence-electron chi connectivity index (χ4n) is 1.55. The SMILES string of the molecule is CC(C)(C)NC(=O)COC(=O)C=Cc1cccc([N+](=O)[O-])c1. The van der Waals surface area contributed by atoms with Crippen LogP contribution in [0.3, 0.4) is 0 Å². The molecule has 22 heavy (non-hydrogen) atoms. The minimum Gasteiger partial charge on any atom is -0.452 e. The van der Waals surface area contributed by atoms with Crippen molar-refractivity contribution in [1.29, 1.82) is 0 Å². The first-order valence-electron chi connectivity index (χ1n) is 6.58. The molecular weight excluding hydrogens is 288 g/mol. The number of ether oxygens (including phenoxy) is 1. The van der Waals surface area contributed by atoms with Crippen molar-refractivity contribution in [2.75, 3.05) is 6.61 Å². The van der Waals surface area contributed by atoms with Crippen LogP contribution in [0.2, 0.25) is 0 Å². The quantitative estimate of drug-likeness (QED) is 0.388. The molecule has 0 unspecified atom stereocenters. The van der Waals surface area contributed by atoms with Gasteiger partial charge in [0.2, 0.25) is 0 Å². The first-order valence-corrected chi connectivity index (χ1v) is 6.58. The van der Waals surface area contributed by atoms with Gasteiger partial charge in [-0.1, -0.05) is 12.1 Å². The third-order valence-corrected chi connectivity index (χ3v) is 2.35. The molecule has 0 saturated carbocycles. The molecule has 0 atom stereocenters. The number of hydrogen-bond donors (Lipinski definition) is 1. The Bertz CT molecular complexity index is 602. The molecule has 0 aliphatic heterocycles. The number of esters is 1. The average molecular weight is 306 g/mol. The molecular formula is C15H18N2O5. The van der Waals surface area contributed by atoms with Crippen LogP contribution >= 0.6 is 0 Å². The van der Waals surface area contributed by atoms with Crippen molar-refractivity contribution in [1.82, 2.24) is 5.32 Å². The Morgan fingerprint density at radius 1 is 1.36 bits per heavy atom. The number of carbonyl (C=O) groups is 2. The third kappa shape index (κ3) is 6.65. The summed E-state index contributed by atoms with van der Waals surface area (Å²) in [5, 5.41) is 13.3. The van der Waals surface area contributed by atoms with Gasteiger partial charge in [0.25, 0.3) is 11.6 Å². The highest BCUT2D eigenvalue weighted by atomic mass is 16.6. The Labute approximate surface area is 128 Å². The molecule has 7 heteroatoms. The molecule has 1 amide bonds. The van der Waals surface area contributed by atoms with Crippen LogP contribution < -0.4 is 5.32 Å². The number of nitrogens with zero attached hydrogens (tertiary/aromatic N) is 1. The predicted octanol–water partition coefficient (Wildman–Crippen LogP) is 2.07. The zero-order valence-electron chi connectivity index (χ0n) is 12.7. The molecule has 118 valence electrons. The number of nitro benzene ring substituents is 1. The summed E-state index contributed by atoms with van der Waals surface area (Å²) in [7, 11) is 0. The Kier molecular flexibility index (Phi) is 5.80. The van der Waals surface area contributed by atoms with Gasteiger partial charge in [0.15, 0.2) is 6.61 Å². The standard InChI is InChI=1S/C15H18N2O5/c1-15(2,3)16-13(18)10-22-14(19)8-7-11-5-4-6-12(9-11)17(20)21/h4-9H,10H2,1-3H3,(H,16,18). The molecule has 0 radical (unpaired) electrons. The number of hydrogen-bond acceptors (Lipinski definition) is 5. The minimum absolute atomic E-state index is 0.0694. The van der Waals surface area contributed by atoms with Gasteiger partial charge in [0.05, 0.1) is 4.92 Å². The number of nitro groups is 1. The molecule has 0 bridgehead atoms. The van der Waals surface area contributed by atoms with Crippen LogP contribution in [0, 0.1) is 10.1 Å². The van der Waals surface area contributed by atoms with Gasteiger partial charge in [0.1, 0.15) is 0 Å². The normalized spacial score (nSPS) is 11.2. The van der Waals surface area contributed by atoms with Gasteiger partial charge in [-0.3, -0.25) is 14.9 Å². The van der Waals surface area contributed by atoms with E-state index in [4.69, 9.17) is 4.74 Å². The van der Waals surface area contributed by atoms with E-state index in [1.807, 2.05) is 20.8 Å². The number of amides is 1. The zero-order chi connectivity index (χ0) is 16.8. The summed E-state index contributed by atoms with van der Waals surface area (Å²) in [6.45, 7) is 5.06. The van der Waals surface area contributed by atoms with Crippen LogP contribution in [0.15, 0.2) is 30.3 Å². The third-order valence-electron chi connectivity index (χ3n) is 2.35. The Balaban J connectivity index is 2.53. The average Bonchev–Trinajstić information content (AvgIpc) is 2.41. The van der Waals surface area contributed by atoms with Crippen LogP contribution in [0.4, 0.5) is 5.69 Å². The maximum Gasteiger partial charge on any atom is 0.331 e.